The maximum absolute atomic E-state index is 13.8. The molecule has 2 amide bonds. The molecule has 0 aliphatic carbocycles. The summed E-state index contributed by atoms with van der Waals surface area (Å²) < 4.78 is 16.5. The molecule has 0 radical (unpaired) electrons. The number of hydrogen-bond donors (Lipinski definition) is 0. The minimum Gasteiger partial charge on any atom is -0.497 e. The van der Waals surface area contributed by atoms with Crippen LogP contribution in [0.2, 0.25) is 0 Å². The van der Waals surface area contributed by atoms with Crippen molar-refractivity contribution in [2.75, 3.05) is 60.2 Å². The van der Waals surface area contributed by atoms with Gasteiger partial charge in [-0.05, 0) is 29.6 Å². The predicted molar refractivity (Wildman–Crippen MR) is 143 cm³/mol. The predicted octanol–water partition coefficient (Wildman–Crippen LogP) is 3.26. The third kappa shape index (κ3) is 6.49. The first-order valence-corrected chi connectivity index (χ1v) is 13.5. The highest BCUT2D eigenvalue weighted by Crippen LogP contribution is 2.39. The summed E-state index contributed by atoms with van der Waals surface area (Å²) in [4.78, 5) is 31.9. The van der Waals surface area contributed by atoms with Gasteiger partial charge < -0.3 is 19.1 Å². The second kappa shape index (κ2) is 12.5. The van der Waals surface area contributed by atoms with Crippen LogP contribution in [0, 0.1) is 5.92 Å². The molecule has 1 aromatic carbocycles. The lowest BCUT2D eigenvalue weighted by atomic mass is 9.99. The Morgan fingerprint density at radius 3 is 2.62 bits per heavy atom. The molecule has 37 heavy (non-hydrogen) atoms. The lowest BCUT2D eigenvalue weighted by Gasteiger charge is -2.32. The highest BCUT2D eigenvalue weighted by atomic mass is 32.1. The minimum absolute atomic E-state index is 0.0364. The number of carbonyl (C=O) groups excluding carboxylic acids is 2. The fourth-order valence-corrected chi connectivity index (χ4v) is 5.35. The number of ether oxygens (including phenoxy) is 3. The van der Waals surface area contributed by atoms with Crippen molar-refractivity contribution in [1.29, 1.82) is 0 Å². The van der Waals surface area contributed by atoms with Crippen molar-refractivity contribution in [1.82, 2.24) is 14.8 Å². The molecule has 2 aliphatic rings. The summed E-state index contributed by atoms with van der Waals surface area (Å²) in [6.07, 6.45) is 0.543. The zero-order valence-corrected chi connectivity index (χ0v) is 22.8. The standard InChI is InChI=1S/C27H36N4O5S/c1-19(2)27(33)30(10-9-29-11-13-36-14-12-29)18-26(32)31-23(17-22(28-31)25-6-5-15-37-25)21-16-20(34-3)7-8-24(21)35-4/h5-8,15-16,19,23H,9-14,17-18H2,1-4H3/t23-/m0/s1. The van der Waals surface area contributed by atoms with E-state index in [1.807, 2.05) is 49.6 Å². The monoisotopic (exact) mass is 528 g/mol. The van der Waals surface area contributed by atoms with Crippen LogP contribution in [0.15, 0.2) is 40.8 Å². The SMILES string of the molecule is COc1ccc(OC)c([C@@H]2CC(c3cccs3)=NN2C(=O)CN(CCN2CCOCC2)C(=O)C(C)C)c1. The van der Waals surface area contributed by atoms with Gasteiger partial charge in [-0.2, -0.15) is 5.10 Å². The van der Waals surface area contributed by atoms with E-state index in [1.165, 1.54) is 5.01 Å². The van der Waals surface area contributed by atoms with Gasteiger partial charge in [0.15, 0.2) is 0 Å². The van der Waals surface area contributed by atoms with Gasteiger partial charge in [-0.25, -0.2) is 5.01 Å². The van der Waals surface area contributed by atoms with Crippen molar-refractivity contribution in [3.05, 3.63) is 46.2 Å². The van der Waals surface area contributed by atoms with Crippen LogP contribution in [0.3, 0.4) is 0 Å². The smallest absolute Gasteiger partial charge is 0.262 e. The number of thiophene rings is 1. The number of carbonyl (C=O) groups is 2. The first-order chi connectivity index (χ1) is 17.9. The molecule has 0 N–H and O–H groups in total. The van der Waals surface area contributed by atoms with Crippen LogP contribution in [0.25, 0.3) is 0 Å². The summed E-state index contributed by atoms with van der Waals surface area (Å²) in [5.41, 5.74) is 1.66. The Morgan fingerprint density at radius 1 is 1.19 bits per heavy atom. The minimum atomic E-state index is -0.370. The van der Waals surface area contributed by atoms with E-state index < -0.39 is 0 Å². The highest BCUT2D eigenvalue weighted by Gasteiger charge is 2.36. The molecule has 1 atom stereocenters. The topological polar surface area (TPSA) is 83.9 Å². The summed E-state index contributed by atoms with van der Waals surface area (Å²) in [6, 6.07) is 9.18. The van der Waals surface area contributed by atoms with Gasteiger partial charge in [0.25, 0.3) is 5.91 Å². The third-order valence-corrected chi connectivity index (χ3v) is 7.61. The van der Waals surface area contributed by atoms with Crippen LogP contribution >= 0.6 is 11.3 Å². The van der Waals surface area contributed by atoms with Crippen molar-refractivity contribution < 1.29 is 23.8 Å². The van der Waals surface area contributed by atoms with Gasteiger partial charge in [-0.15, -0.1) is 11.3 Å². The fraction of sp³-hybridized carbons (Fsp3) is 0.519. The van der Waals surface area contributed by atoms with Gasteiger partial charge in [0.2, 0.25) is 5.91 Å². The normalized spacial score (nSPS) is 18.1. The molecular weight excluding hydrogens is 492 g/mol. The first-order valence-electron chi connectivity index (χ1n) is 12.7. The van der Waals surface area contributed by atoms with Crippen molar-refractivity contribution >= 4 is 28.9 Å². The Balaban J connectivity index is 1.59. The molecule has 2 aliphatic heterocycles. The molecule has 0 unspecified atom stereocenters. The Kier molecular flexibility index (Phi) is 9.18. The van der Waals surface area contributed by atoms with E-state index in [0.717, 1.165) is 29.2 Å². The van der Waals surface area contributed by atoms with E-state index in [4.69, 9.17) is 19.3 Å². The summed E-state index contributed by atoms with van der Waals surface area (Å²) in [6.45, 7) is 7.90. The zero-order chi connectivity index (χ0) is 26.4. The van der Waals surface area contributed by atoms with Crippen LogP contribution in [0.4, 0.5) is 0 Å². The van der Waals surface area contributed by atoms with Gasteiger partial charge in [-0.1, -0.05) is 19.9 Å². The second-order valence-corrected chi connectivity index (χ2v) is 10.4. The van der Waals surface area contributed by atoms with Crippen LogP contribution < -0.4 is 9.47 Å². The first kappa shape index (κ1) is 27.1. The van der Waals surface area contributed by atoms with Crippen LogP contribution in [-0.2, 0) is 14.3 Å². The van der Waals surface area contributed by atoms with Gasteiger partial charge in [0.05, 0.1) is 44.1 Å². The molecule has 1 fully saturated rings. The van der Waals surface area contributed by atoms with Crippen LogP contribution in [0.5, 0.6) is 11.5 Å². The molecule has 9 nitrogen and oxygen atoms in total. The Bertz CT molecular complexity index is 1100. The number of amides is 2. The summed E-state index contributed by atoms with van der Waals surface area (Å²) >= 11 is 1.59. The Hall–Kier alpha value is -2.95. The van der Waals surface area contributed by atoms with Crippen LogP contribution in [-0.4, -0.2) is 92.5 Å². The third-order valence-electron chi connectivity index (χ3n) is 6.69. The lowest BCUT2D eigenvalue weighted by molar-refractivity contribution is -0.143. The fourth-order valence-electron chi connectivity index (χ4n) is 4.63. The van der Waals surface area contributed by atoms with Gasteiger partial charge in [0.1, 0.15) is 18.0 Å². The second-order valence-electron chi connectivity index (χ2n) is 9.46. The molecule has 0 bridgehead atoms. The number of rotatable bonds is 10. The van der Waals surface area contributed by atoms with Crippen molar-refractivity contribution in [2.45, 2.75) is 26.3 Å². The Labute approximate surface area is 222 Å². The number of methoxy groups -OCH3 is 2. The molecule has 3 heterocycles. The quantitative estimate of drug-likeness (QED) is 0.471. The molecular formula is C27H36N4O5S. The number of benzene rings is 1. The van der Waals surface area contributed by atoms with E-state index in [0.29, 0.717) is 44.2 Å². The molecule has 0 saturated carbocycles. The molecule has 10 heteroatoms. The molecule has 2 aromatic rings. The molecule has 200 valence electrons. The summed E-state index contributed by atoms with van der Waals surface area (Å²) in [5, 5.41) is 8.30. The van der Waals surface area contributed by atoms with Crippen LogP contribution in [0.1, 0.15) is 36.8 Å². The van der Waals surface area contributed by atoms with E-state index >= 15 is 0 Å². The lowest BCUT2D eigenvalue weighted by Crippen LogP contribution is -2.47. The summed E-state index contributed by atoms with van der Waals surface area (Å²) in [7, 11) is 3.22. The Morgan fingerprint density at radius 2 is 1.97 bits per heavy atom. The van der Waals surface area contributed by atoms with Gasteiger partial charge in [0, 0.05) is 44.1 Å². The zero-order valence-electron chi connectivity index (χ0n) is 22.0. The van der Waals surface area contributed by atoms with Crippen molar-refractivity contribution in [3.8, 4) is 11.5 Å². The number of nitrogens with zero attached hydrogens (tertiary/aromatic N) is 4. The average molecular weight is 529 g/mol. The maximum Gasteiger partial charge on any atom is 0.262 e. The summed E-state index contributed by atoms with van der Waals surface area (Å²) in [5.74, 6) is 0.857. The van der Waals surface area contributed by atoms with Crippen molar-refractivity contribution in [2.24, 2.45) is 11.0 Å². The van der Waals surface area contributed by atoms with Gasteiger partial charge in [-0.3, -0.25) is 14.5 Å². The molecule has 1 aromatic heterocycles. The molecule has 4 rings (SSSR count). The van der Waals surface area contributed by atoms with E-state index in [1.54, 1.807) is 30.5 Å². The molecule has 0 spiro atoms. The largest absolute Gasteiger partial charge is 0.497 e. The van der Waals surface area contributed by atoms with Gasteiger partial charge >= 0.3 is 0 Å². The average Bonchev–Trinajstić information content (AvgIpc) is 3.61. The highest BCUT2D eigenvalue weighted by molar-refractivity contribution is 7.12. The van der Waals surface area contributed by atoms with E-state index in [2.05, 4.69) is 4.90 Å². The number of hydrogen-bond acceptors (Lipinski definition) is 8. The van der Waals surface area contributed by atoms with Crippen molar-refractivity contribution in [3.63, 3.8) is 0 Å². The van der Waals surface area contributed by atoms with E-state index in [9.17, 15) is 9.59 Å². The number of hydrazone groups is 1. The molecule has 1 saturated heterocycles. The maximum atomic E-state index is 13.8. The number of morpholine rings is 1. The van der Waals surface area contributed by atoms with E-state index in [-0.39, 0.29) is 30.3 Å².